The minimum Gasteiger partial charge on any atom is -0.469 e. The van der Waals surface area contributed by atoms with Gasteiger partial charge in [-0.1, -0.05) is 17.8 Å². The summed E-state index contributed by atoms with van der Waals surface area (Å²) in [5.74, 6) is 1.69. The molecule has 0 N–H and O–H groups in total. The number of hydrogen-bond donors (Lipinski definition) is 0. The lowest BCUT2D eigenvalue weighted by atomic mass is 10.1. The summed E-state index contributed by atoms with van der Waals surface area (Å²) in [6, 6.07) is 7.26. The van der Waals surface area contributed by atoms with Crippen LogP contribution in [0.25, 0.3) is 11.4 Å². The lowest BCUT2D eigenvalue weighted by Crippen LogP contribution is -2.20. The van der Waals surface area contributed by atoms with Crippen LogP contribution in [0.4, 0.5) is 5.69 Å². The van der Waals surface area contributed by atoms with Gasteiger partial charge in [-0.25, -0.2) is 0 Å². The number of thioether (sulfide) groups is 1. The Hall–Kier alpha value is -3.13. The molecule has 2 aromatic heterocycles. The number of carbonyl (C=O) groups excluding carboxylic acids is 2. The predicted molar refractivity (Wildman–Crippen MR) is 111 cm³/mol. The fraction of sp³-hybridized carbons (Fsp3) is 0.238. The number of carbonyl (C=O) groups is 2. The fourth-order valence-electron chi connectivity index (χ4n) is 3.36. The average molecular weight is 408 g/mol. The molecule has 1 amide bonds. The lowest BCUT2D eigenvalue weighted by Gasteiger charge is -2.10. The molecule has 0 fully saturated rings. The van der Waals surface area contributed by atoms with E-state index >= 15 is 0 Å². The smallest absolute Gasteiger partial charge is 0.231 e. The molecular formula is C21H20N4O3S. The van der Waals surface area contributed by atoms with E-state index in [1.165, 1.54) is 11.8 Å². The number of nitrogens with zero attached hydrogens (tertiary/aromatic N) is 4. The highest BCUT2D eigenvalue weighted by Gasteiger charge is 2.25. The maximum Gasteiger partial charge on any atom is 0.231 e. The Labute approximate surface area is 172 Å². The number of Topliss-reactive ketones (excluding diaryl/α,β-unsaturated/α-hetero) is 1. The molecule has 0 saturated carbocycles. The Kier molecular flexibility index (Phi) is 5.10. The van der Waals surface area contributed by atoms with Crippen molar-refractivity contribution in [3.05, 3.63) is 60.1 Å². The third-order valence-electron chi connectivity index (χ3n) is 4.94. The summed E-state index contributed by atoms with van der Waals surface area (Å²) in [7, 11) is 1.75. The summed E-state index contributed by atoms with van der Waals surface area (Å²) in [5.41, 5.74) is 3.22. The Balaban J connectivity index is 1.52. The van der Waals surface area contributed by atoms with E-state index < -0.39 is 0 Å². The van der Waals surface area contributed by atoms with Crippen LogP contribution in [-0.2, 0) is 17.8 Å². The lowest BCUT2D eigenvalue weighted by molar-refractivity contribution is -0.117. The van der Waals surface area contributed by atoms with Gasteiger partial charge >= 0.3 is 0 Å². The Morgan fingerprint density at radius 2 is 2.17 bits per heavy atom. The third kappa shape index (κ3) is 3.51. The van der Waals surface area contributed by atoms with Gasteiger partial charge in [-0.2, -0.15) is 0 Å². The monoisotopic (exact) mass is 408 g/mol. The Morgan fingerprint density at radius 3 is 2.90 bits per heavy atom. The second kappa shape index (κ2) is 7.71. The molecule has 3 aromatic rings. The molecule has 1 aliphatic rings. The van der Waals surface area contributed by atoms with Gasteiger partial charge in [0.25, 0.3) is 0 Å². The highest BCUT2D eigenvalue weighted by molar-refractivity contribution is 7.99. The highest BCUT2D eigenvalue weighted by Crippen LogP contribution is 2.30. The number of anilines is 1. The zero-order valence-corrected chi connectivity index (χ0v) is 17.0. The van der Waals surface area contributed by atoms with E-state index in [4.69, 9.17) is 4.42 Å². The van der Waals surface area contributed by atoms with Gasteiger partial charge in [0.1, 0.15) is 5.76 Å². The summed E-state index contributed by atoms with van der Waals surface area (Å²) in [6.07, 6.45) is 3.72. The molecular weight excluding hydrogens is 388 g/mol. The standard InChI is InChI=1S/C21H20N4O3S/c1-4-8-25-20(16-7-9-28-13(16)2)22-23-21(25)29-12-18(26)14-5-6-17-15(10-14)11-19(27)24(17)3/h4-7,9-10H,1,8,11-12H2,2-3H3. The minimum atomic E-state index is -0.0194. The topological polar surface area (TPSA) is 81.2 Å². The molecule has 29 heavy (non-hydrogen) atoms. The minimum absolute atomic E-state index is 0.0194. The van der Waals surface area contributed by atoms with Crippen LogP contribution < -0.4 is 4.90 Å². The zero-order valence-electron chi connectivity index (χ0n) is 16.2. The average Bonchev–Trinajstić information content (AvgIpc) is 3.38. The summed E-state index contributed by atoms with van der Waals surface area (Å²) in [4.78, 5) is 26.2. The molecule has 0 radical (unpaired) electrons. The quantitative estimate of drug-likeness (QED) is 0.338. The number of amides is 1. The van der Waals surface area contributed by atoms with Gasteiger partial charge in [0.15, 0.2) is 16.8 Å². The van der Waals surface area contributed by atoms with Crippen molar-refractivity contribution in [1.29, 1.82) is 0 Å². The SMILES string of the molecule is C=CCn1c(SCC(=O)c2ccc3c(c2)CC(=O)N3C)nnc1-c1ccoc1C. The maximum absolute atomic E-state index is 12.7. The van der Waals surface area contributed by atoms with E-state index in [-0.39, 0.29) is 17.4 Å². The van der Waals surface area contributed by atoms with Crippen LogP contribution in [0.15, 0.2) is 52.8 Å². The first-order valence-electron chi connectivity index (χ1n) is 9.13. The van der Waals surface area contributed by atoms with E-state index in [0.717, 1.165) is 22.6 Å². The molecule has 0 saturated heterocycles. The van der Waals surface area contributed by atoms with Gasteiger partial charge in [-0.3, -0.25) is 14.2 Å². The van der Waals surface area contributed by atoms with Crippen LogP contribution in [-0.4, -0.2) is 39.3 Å². The molecule has 4 rings (SSSR count). The van der Waals surface area contributed by atoms with Crippen LogP contribution in [0.5, 0.6) is 0 Å². The molecule has 148 valence electrons. The van der Waals surface area contributed by atoms with Gasteiger partial charge in [-0.05, 0) is 36.8 Å². The molecule has 0 bridgehead atoms. The number of aromatic nitrogens is 3. The number of hydrogen-bond acceptors (Lipinski definition) is 6. The normalized spacial score (nSPS) is 13.0. The van der Waals surface area contributed by atoms with Crippen molar-refractivity contribution in [3.8, 4) is 11.4 Å². The van der Waals surface area contributed by atoms with Crippen molar-refractivity contribution in [2.75, 3.05) is 17.7 Å². The maximum atomic E-state index is 12.7. The largest absolute Gasteiger partial charge is 0.469 e. The van der Waals surface area contributed by atoms with Gasteiger partial charge in [-0.15, -0.1) is 16.8 Å². The molecule has 7 nitrogen and oxygen atoms in total. The van der Waals surface area contributed by atoms with Crippen LogP contribution in [0.1, 0.15) is 21.7 Å². The van der Waals surface area contributed by atoms with Crippen molar-refractivity contribution in [2.45, 2.75) is 25.0 Å². The van der Waals surface area contributed by atoms with Crippen molar-refractivity contribution in [2.24, 2.45) is 0 Å². The number of likely N-dealkylation sites (N-methyl/N-ethyl adjacent to an activating group) is 1. The summed E-state index contributed by atoms with van der Waals surface area (Å²) < 4.78 is 7.29. The van der Waals surface area contributed by atoms with Gasteiger partial charge in [0.05, 0.1) is 24.0 Å². The Morgan fingerprint density at radius 1 is 1.34 bits per heavy atom. The fourth-order valence-corrected chi connectivity index (χ4v) is 4.20. The molecule has 0 atom stereocenters. The summed E-state index contributed by atoms with van der Waals surface area (Å²) in [5, 5.41) is 9.18. The number of furan rings is 1. The molecule has 0 unspecified atom stereocenters. The van der Waals surface area contributed by atoms with Crippen LogP contribution in [0.3, 0.4) is 0 Å². The highest BCUT2D eigenvalue weighted by atomic mass is 32.2. The predicted octanol–water partition coefficient (Wildman–Crippen LogP) is 3.53. The van der Waals surface area contributed by atoms with Crippen molar-refractivity contribution in [1.82, 2.24) is 14.8 Å². The van der Waals surface area contributed by atoms with Crippen LogP contribution in [0, 0.1) is 6.92 Å². The molecule has 8 heteroatoms. The third-order valence-corrected chi connectivity index (χ3v) is 5.91. The first-order chi connectivity index (χ1) is 14.0. The summed E-state index contributed by atoms with van der Waals surface area (Å²) in [6.45, 7) is 6.20. The van der Waals surface area contributed by atoms with Crippen molar-refractivity contribution in [3.63, 3.8) is 0 Å². The molecule has 0 aliphatic carbocycles. The van der Waals surface area contributed by atoms with Gasteiger partial charge in [0, 0.05) is 24.8 Å². The molecule has 1 aromatic carbocycles. The van der Waals surface area contributed by atoms with E-state index in [0.29, 0.717) is 29.5 Å². The summed E-state index contributed by atoms with van der Waals surface area (Å²) >= 11 is 1.33. The number of fused-ring (bicyclic) bond motifs is 1. The molecule has 0 spiro atoms. The molecule has 1 aliphatic heterocycles. The molecule has 3 heterocycles. The van der Waals surface area contributed by atoms with E-state index in [9.17, 15) is 9.59 Å². The van der Waals surface area contributed by atoms with E-state index in [1.807, 2.05) is 29.7 Å². The number of ketones is 1. The second-order valence-corrected chi connectivity index (χ2v) is 7.72. The number of allylic oxidation sites excluding steroid dienone is 1. The van der Waals surface area contributed by atoms with E-state index in [1.54, 1.807) is 30.4 Å². The number of rotatable bonds is 7. The first kappa shape index (κ1) is 19.2. The van der Waals surface area contributed by atoms with Crippen LogP contribution >= 0.6 is 11.8 Å². The van der Waals surface area contributed by atoms with Crippen molar-refractivity contribution >= 4 is 29.1 Å². The van der Waals surface area contributed by atoms with Gasteiger partial charge in [0.2, 0.25) is 5.91 Å². The van der Waals surface area contributed by atoms with Crippen molar-refractivity contribution < 1.29 is 14.0 Å². The number of aryl methyl sites for hydroxylation is 1. The van der Waals surface area contributed by atoms with Gasteiger partial charge < -0.3 is 9.32 Å². The zero-order chi connectivity index (χ0) is 20.5. The number of benzene rings is 1. The second-order valence-electron chi connectivity index (χ2n) is 6.78. The first-order valence-corrected chi connectivity index (χ1v) is 10.1. The van der Waals surface area contributed by atoms with E-state index in [2.05, 4.69) is 16.8 Å². The Bertz CT molecular complexity index is 1120. The van der Waals surface area contributed by atoms with Crippen LogP contribution in [0.2, 0.25) is 0 Å².